The van der Waals surface area contributed by atoms with Gasteiger partial charge >= 0.3 is 0 Å². The highest BCUT2D eigenvalue weighted by Crippen LogP contribution is 2.31. The lowest BCUT2D eigenvalue weighted by Gasteiger charge is -2.21. The van der Waals surface area contributed by atoms with E-state index in [1.165, 1.54) is 19.1 Å². The standard InChI is InChI=1S/C14H19NO4/c1-4-8-15(9-10-16)14(17)11-6-5-7-12(18-2)13(11)19-3/h4-7,16H,1,8-10H2,2-3H3. The van der Waals surface area contributed by atoms with Gasteiger partial charge in [0.1, 0.15) is 0 Å². The van der Waals surface area contributed by atoms with E-state index in [1.807, 2.05) is 0 Å². The zero-order valence-electron chi connectivity index (χ0n) is 11.3. The van der Waals surface area contributed by atoms with Crippen molar-refractivity contribution in [2.45, 2.75) is 0 Å². The number of aliphatic hydroxyl groups excluding tert-OH is 1. The SMILES string of the molecule is C=CCN(CCO)C(=O)c1cccc(OC)c1OC. The van der Waals surface area contributed by atoms with Gasteiger partial charge in [0.25, 0.3) is 5.91 Å². The van der Waals surface area contributed by atoms with Gasteiger partial charge in [0.2, 0.25) is 0 Å². The highest BCUT2D eigenvalue weighted by Gasteiger charge is 2.20. The Morgan fingerprint density at radius 2 is 2.16 bits per heavy atom. The van der Waals surface area contributed by atoms with Gasteiger partial charge in [0.15, 0.2) is 11.5 Å². The van der Waals surface area contributed by atoms with Crippen molar-refractivity contribution in [2.24, 2.45) is 0 Å². The zero-order chi connectivity index (χ0) is 14.3. The summed E-state index contributed by atoms with van der Waals surface area (Å²) in [5.74, 6) is 0.655. The maximum absolute atomic E-state index is 12.4. The van der Waals surface area contributed by atoms with Crippen LogP contribution in [0.3, 0.4) is 0 Å². The van der Waals surface area contributed by atoms with E-state index in [-0.39, 0.29) is 19.1 Å². The molecule has 0 spiro atoms. The summed E-state index contributed by atoms with van der Waals surface area (Å²) in [7, 11) is 3.00. The smallest absolute Gasteiger partial charge is 0.258 e. The molecule has 0 heterocycles. The third-order valence-corrected chi connectivity index (χ3v) is 2.64. The molecule has 1 rings (SSSR count). The average Bonchev–Trinajstić information content (AvgIpc) is 2.45. The third-order valence-electron chi connectivity index (χ3n) is 2.64. The first-order valence-corrected chi connectivity index (χ1v) is 5.91. The van der Waals surface area contributed by atoms with Gasteiger partial charge in [-0.15, -0.1) is 6.58 Å². The highest BCUT2D eigenvalue weighted by atomic mass is 16.5. The van der Waals surface area contributed by atoms with Crippen LogP contribution in [0.1, 0.15) is 10.4 Å². The van der Waals surface area contributed by atoms with Gasteiger partial charge in [-0.25, -0.2) is 0 Å². The van der Waals surface area contributed by atoms with Gasteiger partial charge in [-0.05, 0) is 12.1 Å². The summed E-state index contributed by atoms with van der Waals surface area (Å²) in [6.07, 6.45) is 1.61. The third kappa shape index (κ3) is 3.48. The summed E-state index contributed by atoms with van der Waals surface area (Å²) >= 11 is 0. The minimum Gasteiger partial charge on any atom is -0.493 e. The maximum Gasteiger partial charge on any atom is 0.258 e. The molecule has 0 aromatic heterocycles. The number of ether oxygens (including phenoxy) is 2. The molecule has 0 fully saturated rings. The lowest BCUT2D eigenvalue weighted by atomic mass is 10.1. The van der Waals surface area contributed by atoms with Crippen LogP contribution in [0.25, 0.3) is 0 Å². The van der Waals surface area contributed by atoms with E-state index in [1.54, 1.807) is 24.3 Å². The molecular formula is C14H19NO4. The van der Waals surface area contributed by atoms with Crippen LogP contribution in [-0.4, -0.2) is 49.8 Å². The second kappa shape index (κ2) is 7.43. The van der Waals surface area contributed by atoms with Crippen molar-refractivity contribution in [3.63, 3.8) is 0 Å². The molecule has 0 unspecified atom stereocenters. The first-order valence-electron chi connectivity index (χ1n) is 5.91. The van der Waals surface area contributed by atoms with Crippen molar-refractivity contribution in [2.75, 3.05) is 33.9 Å². The summed E-state index contributed by atoms with van der Waals surface area (Å²) in [6.45, 7) is 4.10. The van der Waals surface area contributed by atoms with E-state index < -0.39 is 0 Å². The van der Waals surface area contributed by atoms with Gasteiger partial charge in [0.05, 0.1) is 26.4 Å². The van der Waals surface area contributed by atoms with Crippen molar-refractivity contribution < 1.29 is 19.4 Å². The van der Waals surface area contributed by atoms with Gasteiger partial charge in [-0.2, -0.15) is 0 Å². The van der Waals surface area contributed by atoms with Crippen LogP contribution >= 0.6 is 0 Å². The fourth-order valence-corrected chi connectivity index (χ4v) is 1.78. The normalized spacial score (nSPS) is 9.84. The fourth-order valence-electron chi connectivity index (χ4n) is 1.78. The number of benzene rings is 1. The van der Waals surface area contributed by atoms with E-state index in [0.29, 0.717) is 23.6 Å². The number of hydrogen-bond acceptors (Lipinski definition) is 4. The molecule has 0 aliphatic heterocycles. The van der Waals surface area contributed by atoms with Crippen molar-refractivity contribution in [3.8, 4) is 11.5 Å². The topological polar surface area (TPSA) is 59.0 Å². The van der Waals surface area contributed by atoms with Gasteiger partial charge < -0.3 is 19.5 Å². The highest BCUT2D eigenvalue weighted by molar-refractivity contribution is 5.97. The van der Waals surface area contributed by atoms with Gasteiger partial charge in [-0.1, -0.05) is 12.1 Å². The summed E-state index contributed by atoms with van der Waals surface area (Å²) in [4.78, 5) is 13.9. The Hall–Kier alpha value is -2.01. The molecule has 0 saturated carbocycles. The molecule has 1 N–H and O–H groups in total. The Morgan fingerprint density at radius 3 is 2.68 bits per heavy atom. The molecule has 0 radical (unpaired) electrons. The molecule has 0 aliphatic rings. The van der Waals surface area contributed by atoms with Crippen LogP contribution in [0.15, 0.2) is 30.9 Å². The molecule has 1 aromatic rings. The first kappa shape index (κ1) is 15.0. The Labute approximate surface area is 113 Å². The van der Waals surface area contributed by atoms with Crippen molar-refractivity contribution in [1.82, 2.24) is 4.90 Å². The summed E-state index contributed by atoms with van der Waals surface area (Å²) < 4.78 is 10.4. The first-order chi connectivity index (χ1) is 9.19. The molecule has 1 aromatic carbocycles. The predicted octanol–water partition coefficient (Wildman–Crippen LogP) is 1.32. The number of hydrogen-bond donors (Lipinski definition) is 1. The predicted molar refractivity (Wildman–Crippen MR) is 72.7 cm³/mol. The Morgan fingerprint density at radius 1 is 1.42 bits per heavy atom. The molecule has 0 bridgehead atoms. The van der Waals surface area contributed by atoms with Crippen LogP contribution in [0, 0.1) is 0 Å². The zero-order valence-corrected chi connectivity index (χ0v) is 11.3. The molecule has 19 heavy (non-hydrogen) atoms. The Kier molecular flexibility index (Phi) is 5.89. The number of aliphatic hydroxyl groups is 1. The van der Waals surface area contributed by atoms with Crippen molar-refractivity contribution >= 4 is 5.91 Å². The Bertz CT molecular complexity index is 445. The lowest BCUT2D eigenvalue weighted by Crippen LogP contribution is -2.34. The van der Waals surface area contributed by atoms with Gasteiger partial charge in [-0.3, -0.25) is 4.79 Å². The molecule has 5 heteroatoms. The molecule has 0 atom stereocenters. The van der Waals surface area contributed by atoms with Crippen LogP contribution in [0.5, 0.6) is 11.5 Å². The van der Waals surface area contributed by atoms with E-state index in [4.69, 9.17) is 14.6 Å². The van der Waals surface area contributed by atoms with Crippen LogP contribution < -0.4 is 9.47 Å². The van der Waals surface area contributed by atoms with E-state index in [0.717, 1.165) is 0 Å². The molecule has 0 aliphatic carbocycles. The molecule has 104 valence electrons. The van der Waals surface area contributed by atoms with Crippen LogP contribution in [-0.2, 0) is 0 Å². The van der Waals surface area contributed by atoms with Crippen LogP contribution in [0.4, 0.5) is 0 Å². The number of para-hydroxylation sites is 1. The number of rotatable bonds is 7. The van der Waals surface area contributed by atoms with Crippen molar-refractivity contribution in [3.05, 3.63) is 36.4 Å². The average molecular weight is 265 g/mol. The number of methoxy groups -OCH3 is 2. The second-order valence-electron chi connectivity index (χ2n) is 3.80. The van der Waals surface area contributed by atoms with E-state index in [9.17, 15) is 4.79 Å². The summed E-state index contributed by atoms with van der Waals surface area (Å²) in [6, 6.07) is 5.11. The number of amides is 1. The lowest BCUT2D eigenvalue weighted by molar-refractivity contribution is 0.0739. The fraction of sp³-hybridized carbons (Fsp3) is 0.357. The quantitative estimate of drug-likeness (QED) is 0.755. The number of carbonyl (C=O) groups excluding carboxylic acids is 1. The van der Waals surface area contributed by atoms with Gasteiger partial charge in [0, 0.05) is 13.1 Å². The maximum atomic E-state index is 12.4. The van der Waals surface area contributed by atoms with E-state index in [2.05, 4.69) is 6.58 Å². The minimum atomic E-state index is -0.232. The monoisotopic (exact) mass is 265 g/mol. The van der Waals surface area contributed by atoms with Crippen LogP contribution in [0.2, 0.25) is 0 Å². The Balaban J connectivity index is 3.12. The summed E-state index contributed by atoms with van der Waals surface area (Å²) in [5, 5.41) is 9.00. The second-order valence-corrected chi connectivity index (χ2v) is 3.80. The molecular weight excluding hydrogens is 246 g/mol. The minimum absolute atomic E-state index is 0.105. The van der Waals surface area contributed by atoms with Crippen molar-refractivity contribution in [1.29, 1.82) is 0 Å². The molecule has 0 saturated heterocycles. The largest absolute Gasteiger partial charge is 0.493 e. The number of nitrogens with zero attached hydrogens (tertiary/aromatic N) is 1. The summed E-state index contributed by atoms with van der Waals surface area (Å²) in [5.41, 5.74) is 0.400. The number of carbonyl (C=O) groups is 1. The molecule has 5 nitrogen and oxygen atoms in total. The molecule has 1 amide bonds. The van der Waals surface area contributed by atoms with E-state index >= 15 is 0 Å².